The molecule has 4 rings (SSSR count). The number of ether oxygens (including phenoxy) is 1. The summed E-state index contributed by atoms with van der Waals surface area (Å²) in [4.78, 5) is 7.82. The van der Waals surface area contributed by atoms with Gasteiger partial charge in [-0.15, -0.1) is 0 Å². The molecule has 0 atom stereocenters. The van der Waals surface area contributed by atoms with E-state index in [1.54, 1.807) is 13.3 Å². The number of pyridine rings is 1. The number of H-pyrrole nitrogens is 1. The number of hydrogen-bond donors (Lipinski definition) is 1. The van der Waals surface area contributed by atoms with E-state index < -0.39 is 0 Å². The van der Waals surface area contributed by atoms with Crippen LogP contribution >= 0.6 is 0 Å². The van der Waals surface area contributed by atoms with Crippen molar-refractivity contribution in [2.45, 2.75) is 0 Å². The molecule has 0 unspecified atom stereocenters. The molecule has 2 aromatic heterocycles. The summed E-state index contributed by atoms with van der Waals surface area (Å²) in [7, 11) is 1.65. The zero-order valence-electron chi connectivity index (χ0n) is 13.7. The summed E-state index contributed by atoms with van der Waals surface area (Å²) < 4.78 is 5.26. The summed E-state index contributed by atoms with van der Waals surface area (Å²) in [5.74, 6) is 0.806. The predicted molar refractivity (Wildman–Crippen MR) is 98.2 cm³/mol. The Morgan fingerprint density at radius 1 is 1.00 bits per heavy atom. The predicted octanol–water partition coefficient (Wildman–Crippen LogP) is 4.78. The van der Waals surface area contributed by atoms with Crippen molar-refractivity contribution in [1.82, 2.24) is 9.97 Å². The molecule has 0 aliphatic carbocycles. The van der Waals surface area contributed by atoms with Gasteiger partial charge in [-0.25, -0.2) is 4.98 Å². The lowest BCUT2D eigenvalue weighted by molar-refractivity contribution is 0.415. The van der Waals surface area contributed by atoms with Crippen LogP contribution in [0.2, 0.25) is 0 Å². The number of nitrogens with zero attached hydrogens (tertiary/aromatic N) is 2. The molecule has 0 saturated heterocycles. The first-order valence-corrected chi connectivity index (χ1v) is 7.92. The van der Waals surface area contributed by atoms with Gasteiger partial charge >= 0.3 is 0 Å². The monoisotopic (exact) mass is 325 g/mol. The smallest absolute Gasteiger partial charge is 0.138 e. The number of aromatic amines is 1. The highest BCUT2D eigenvalue weighted by molar-refractivity contribution is 6.02. The maximum Gasteiger partial charge on any atom is 0.138 e. The number of benzene rings is 2. The summed E-state index contributed by atoms with van der Waals surface area (Å²) >= 11 is 0. The molecule has 0 fully saturated rings. The number of fused-ring (bicyclic) bond motifs is 1. The molecule has 1 N–H and O–H groups in total. The molecule has 2 aromatic carbocycles. The second kappa shape index (κ2) is 6.14. The van der Waals surface area contributed by atoms with Gasteiger partial charge < -0.3 is 9.72 Å². The van der Waals surface area contributed by atoms with E-state index in [1.807, 2.05) is 48.5 Å². The fraction of sp³-hybridized carbons (Fsp3) is 0.0476. The minimum Gasteiger partial charge on any atom is -0.497 e. The standard InChI is InChI=1S/C21H15N3O/c1-25-17-9-7-15(8-10-17)19-18-11-14(12-22)13-23-21(18)24-20(19)16-5-3-2-4-6-16/h2-11,13H,1H3,(H,23,24). The number of rotatable bonds is 3. The summed E-state index contributed by atoms with van der Waals surface area (Å²) in [5.41, 5.74) is 5.45. The molecule has 25 heavy (non-hydrogen) atoms. The van der Waals surface area contributed by atoms with Gasteiger partial charge in [0.25, 0.3) is 0 Å². The largest absolute Gasteiger partial charge is 0.497 e. The van der Waals surface area contributed by atoms with Gasteiger partial charge in [-0.3, -0.25) is 0 Å². The van der Waals surface area contributed by atoms with E-state index in [-0.39, 0.29) is 0 Å². The third-order valence-corrected chi connectivity index (χ3v) is 4.22. The van der Waals surface area contributed by atoms with Crippen LogP contribution < -0.4 is 4.74 Å². The van der Waals surface area contributed by atoms with E-state index in [4.69, 9.17) is 4.74 Å². The van der Waals surface area contributed by atoms with Gasteiger partial charge in [0, 0.05) is 17.1 Å². The maximum absolute atomic E-state index is 9.23. The molecule has 4 heteroatoms. The Balaban J connectivity index is 2.02. The molecule has 2 heterocycles. The van der Waals surface area contributed by atoms with Crippen LogP contribution in [0.1, 0.15) is 5.56 Å². The molecule has 0 bridgehead atoms. The molecule has 0 amide bonds. The molecule has 0 spiro atoms. The molecule has 4 aromatic rings. The maximum atomic E-state index is 9.23. The van der Waals surface area contributed by atoms with Gasteiger partial charge in [-0.1, -0.05) is 42.5 Å². The number of aromatic nitrogens is 2. The summed E-state index contributed by atoms with van der Waals surface area (Å²) in [6.07, 6.45) is 1.59. The van der Waals surface area contributed by atoms with Crippen LogP contribution in [0.15, 0.2) is 66.9 Å². The van der Waals surface area contributed by atoms with E-state index in [1.165, 1.54) is 0 Å². The van der Waals surface area contributed by atoms with E-state index in [2.05, 4.69) is 28.2 Å². The topological polar surface area (TPSA) is 61.7 Å². The molecule has 4 nitrogen and oxygen atoms in total. The quantitative estimate of drug-likeness (QED) is 0.590. The van der Waals surface area contributed by atoms with Crippen LogP contribution in [0.3, 0.4) is 0 Å². The Morgan fingerprint density at radius 3 is 2.44 bits per heavy atom. The van der Waals surface area contributed by atoms with Gasteiger partial charge in [0.05, 0.1) is 18.4 Å². The van der Waals surface area contributed by atoms with Crippen molar-refractivity contribution in [3.63, 3.8) is 0 Å². The normalized spacial score (nSPS) is 10.6. The lowest BCUT2D eigenvalue weighted by Crippen LogP contribution is -1.85. The van der Waals surface area contributed by atoms with Gasteiger partial charge in [0.2, 0.25) is 0 Å². The minimum atomic E-state index is 0.542. The number of nitrogens with one attached hydrogen (secondary N) is 1. The molecular formula is C21H15N3O. The van der Waals surface area contributed by atoms with Gasteiger partial charge in [0.15, 0.2) is 0 Å². The molecular weight excluding hydrogens is 310 g/mol. The fourth-order valence-electron chi connectivity index (χ4n) is 3.01. The Bertz CT molecular complexity index is 1070. The lowest BCUT2D eigenvalue weighted by atomic mass is 9.98. The first kappa shape index (κ1) is 15.0. The van der Waals surface area contributed by atoms with Crippen LogP contribution in [0.4, 0.5) is 0 Å². The molecule has 0 saturated carbocycles. The SMILES string of the molecule is COc1ccc(-c2c(-c3ccccc3)[nH]c3ncc(C#N)cc23)cc1. The Morgan fingerprint density at radius 2 is 1.76 bits per heavy atom. The number of nitriles is 1. The van der Waals surface area contributed by atoms with Gasteiger partial charge in [-0.2, -0.15) is 5.26 Å². The van der Waals surface area contributed by atoms with Crippen LogP contribution in [-0.4, -0.2) is 17.1 Å². The average molecular weight is 325 g/mol. The first-order chi connectivity index (χ1) is 12.3. The average Bonchev–Trinajstić information content (AvgIpc) is 3.07. The van der Waals surface area contributed by atoms with E-state index in [9.17, 15) is 5.26 Å². The van der Waals surface area contributed by atoms with E-state index in [0.29, 0.717) is 5.56 Å². The van der Waals surface area contributed by atoms with E-state index in [0.717, 1.165) is 39.2 Å². The van der Waals surface area contributed by atoms with Crippen molar-refractivity contribution in [2.75, 3.05) is 7.11 Å². The second-order valence-electron chi connectivity index (χ2n) is 5.70. The van der Waals surface area contributed by atoms with Gasteiger partial charge in [-0.05, 0) is 29.3 Å². The van der Waals surface area contributed by atoms with Crippen LogP contribution in [0.25, 0.3) is 33.4 Å². The highest BCUT2D eigenvalue weighted by Gasteiger charge is 2.16. The first-order valence-electron chi connectivity index (χ1n) is 7.92. The summed E-state index contributed by atoms with van der Waals surface area (Å²) in [6, 6.07) is 22.1. The van der Waals surface area contributed by atoms with Crippen molar-refractivity contribution in [1.29, 1.82) is 5.26 Å². The lowest BCUT2D eigenvalue weighted by Gasteiger charge is -2.07. The van der Waals surface area contributed by atoms with Crippen LogP contribution in [0.5, 0.6) is 5.75 Å². The van der Waals surface area contributed by atoms with E-state index >= 15 is 0 Å². The zero-order valence-corrected chi connectivity index (χ0v) is 13.7. The Hall–Kier alpha value is -3.58. The van der Waals surface area contributed by atoms with Crippen LogP contribution in [-0.2, 0) is 0 Å². The number of hydrogen-bond acceptors (Lipinski definition) is 3. The molecule has 0 radical (unpaired) electrons. The van der Waals surface area contributed by atoms with Crippen molar-refractivity contribution in [2.24, 2.45) is 0 Å². The Kier molecular flexibility index (Phi) is 3.68. The zero-order chi connectivity index (χ0) is 17.2. The third kappa shape index (κ3) is 2.62. The van der Waals surface area contributed by atoms with Gasteiger partial charge in [0.1, 0.15) is 17.5 Å². The summed E-state index contributed by atoms with van der Waals surface area (Å²) in [6.45, 7) is 0. The molecule has 120 valence electrons. The molecule has 0 aliphatic heterocycles. The van der Waals surface area contributed by atoms with Crippen molar-refractivity contribution >= 4 is 11.0 Å². The summed E-state index contributed by atoms with van der Waals surface area (Å²) in [5, 5.41) is 10.2. The van der Waals surface area contributed by atoms with Crippen molar-refractivity contribution in [3.8, 4) is 34.2 Å². The second-order valence-corrected chi connectivity index (χ2v) is 5.70. The minimum absolute atomic E-state index is 0.542. The fourth-order valence-corrected chi connectivity index (χ4v) is 3.01. The van der Waals surface area contributed by atoms with Crippen molar-refractivity contribution < 1.29 is 4.74 Å². The highest BCUT2D eigenvalue weighted by Crippen LogP contribution is 2.38. The molecule has 0 aliphatic rings. The highest BCUT2D eigenvalue weighted by atomic mass is 16.5. The third-order valence-electron chi connectivity index (χ3n) is 4.22. The van der Waals surface area contributed by atoms with Crippen LogP contribution in [0, 0.1) is 11.3 Å². The van der Waals surface area contributed by atoms with Crippen molar-refractivity contribution in [3.05, 3.63) is 72.4 Å². The number of methoxy groups -OCH3 is 1. The Labute approximate surface area is 145 Å².